The molecule has 2 nitrogen and oxygen atoms in total. The van der Waals surface area contributed by atoms with E-state index in [0.29, 0.717) is 0 Å². The van der Waals surface area contributed by atoms with Gasteiger partial charge in [-0.3, -0.25) is 4.98 Å². The minimum Gasteiger partial charge on any atom is -0.398 e. The Morgan fingerprint density at radius 2 is 1.79 bits per heavy atom. The molecule has 0 spiro atoms. The normalized spacial score (nSPS) is 10.8. The Hall–Kier alpha value is -2.35. The highest BCUT2D eigenvalue weighted by atomic mass is 14.7. The molecule has 3 aromatic rings. The number of hydrogen-bond acceptors (Lipinski definition) is 2. The first-order valence-corrected chi connectivity index (χ1v) is 6.43. The molecule has 94 valence electrons. The van der Waals surface area contributed by atoms with Crippen LogP contribution in [0.3, 0.4) is 0 Å². The highest BCUT2D eigenvalue weighted by molar-refractivity contribution is 5.92. The van der Waals surface area contributed by atoms with Gasteiger partial charge in [-0.25, -0.2) is 0 Å². The topological polar surface area (TPSA) is 38.9 Å². The van der Waals surface area contributed by atoms with Crippen LogP contribution in [-0.2, 0) is 6.42 Å². The van der Waals surface area contributed by atoms with Gasteiger partial charge in [0.05, 0.1) is 5.52 Å². The van der Waals surface area contributed by atoms with E-state index in [1.165, 1.54) is 11.1 Å². The molecular weight excluding hydrogens is 232 g/mol. The van der Waals surface area contributed by atoms with Gasteiger partial charge in [0.2, 0.25) is 0 Å². The third kappa shape index (κ3) is 2.29. The fourth-order valence-corrected chi connectivity index (χ4v) is 2.43. The van der Waals surface area contributed by atoms with Gasteiger partial charge in [-0.2, -0.15) is 0 Å². The van der Waals surface area contributed by atoms with E-state index in [2.05, 4.69) is 35.3 Å². The summed E-state index contributed by atoms with van der Waals surface area (Å²) < 4.78 is 0. The second kappa shape index (κ2) is 4.73. The van der Waals surface area contributed by atoms with Crippen LogP contribution in [0.5, 0.6) is 0 Å². The summed E-state index contributed by atoms with van der Waals surface area (Å²) in [7, 11) is 0. The summed E-state index contributed by atoms with van der Waals surface area (Å²) in [6.45, 7) is 1.98. The molecule has 1 aromatic heterocycles. The average Bonchev–Trinajstić information content (AvgIpc) is 2.41. The fourth-order valence-electron chi connectivity index (χ4n) is 2.43. The Morgan fingerprint density at radius 1 is 1.00 bits per heavy atom. The van der Waals surface area contributed by atoms with Gasteiger partial charge < -0.3 is 5.73 Å². The molecule has 0 aliphatic carbocycles. The largest absolute Gasteiger partial charge is 0.398 e. The predicted octanol–water partition coefficient (Wildman–Crippen LogP) is 3.72. The first-order valence-electron chi connectivity index (χ1n) is 6.43. The molecule has 2 N–H and O–H groups in total. The zero-order valence-electron chi connectivity index (χ0n) is 10.9. The van der Waals surface area contributed by atoms with Crippen molar-refractivity contribution in [1.82, 2.24) is 4.98 Å². The molecule has 0 atom stereocenters. The molecule has 1 heterocycles. The van der Waals surface area contributed by atoms with Crippen LogP contribution in [0.2, 0.25) is 0 Å². The molecule has 0 bridgehead atoms. The smallest absolute Gasteiger partial charge is 0.0761 e. The summed E-state index contributed by atoms with van der Waals surface area (Å²) in [6, 6.07) is 18.6. The van der Waals surface area contributed by atoms with Gasteiger partial charge in [-0.1, -0.05) is 48.5 Å². The predicted molar refractivity (Wildman–Crippen MR) is 80.1 cm³/mol. The van der Waals surface area contributed by atoms with Crippen LogP contribution in [0.25, 0.3) is 10.9 Å². The van der Waals surface area contributed by atoms with Gasteiger partial charge >= 0.3 is 0 Å². The quantitative estimate of drug-likeness (QED) is 0.750. The Balaban J connectivity index is 2.14. The zero-order chi connectivity index (χ0) is 13.2. The van der Waals surface area contributed by atoms with Crippen LogP contribution < -0.4 is 5.73 Å². The highest BCUT2D eigenvalue weighted by Gasteiger charge is 2.06. The molecule has 19 heavy (non-hydrogen) atoms. The van der Waals surface area contributed by atoms with Crippen molar-refractivity contribution in [3.05, 3.63) is 71.4 Å². The van der Waals surface area contributed by atoms with E-state index >= 15 is 0 Å². The number of benzene rings is 2. The van der Waals surface area contributed by atoms with Gasteiger partial charge in [0.15, 0.2) is 0 Å². The Kier molecular flexibility index (Phi) is 2.92. The van der Waals surface area contributed by atoms with Crippen molar-refractivity contribution in [2.45, 2.75) is 13.3 Å². The summed E-state index contributed by atoms with van der Waals surface area (Å²) in [6.07, 6.45) is 0.883. The number of nitrogen functional groups attached to an aromatic ring is 1. The number of aryl methyl sites for hydroxylation is 1. The van der Waals surface area contributed by atoms with Crippen molar-refractivity contribution >= 4 is 16.6 Å². The van der Waals surface area contributed by atoms with E-state index in [9.17, 15) is 0 Å². The lowest BCUT2D eigenvalue weighted by molar-refractivity contribution is 1.17. The van der Waals surface area contributed by atoms with Crippen molar-refractivity contribution < 1.29 is 0 Å². The molecule has 0 aliphatic rings. The molecule has 0 unspecified atom stereocenters. The number of anilines is 1. The third-order valence-corrected chi connectivity index (χ3v) is 3.32. The molecule has 0 saturated carbocycles. The van der Waals surface area contributed by atoms with E-state index in [4.69, 9.17) is 5.73 Å². The number of nitrogens with zero attached hydrogens (tertiary/aromatic N) is 1. The van der Waals surface area contributed by atoms with Gasteiger partial charge in [0, 0.05) is 16.8 Å². The van der Waals surface area contributed by atoms with Crippen molar-refractivity contribution in [3.63, 3.8) is 0 Å². The van der Waals surface area contributed by atoms with Crippen molar-refractivity contribution in [1.29, 1.82) is 0 Å². The highest BCUT2D eigenvalue weighted by Crippen LogP contribution is 2.25. The molecule has 0 aliphatic heterocycles. The number of hydrogen-bond donors (Lipinski definition) is 1. The second-order valence-corrected chi connectivity index (χ2v) is 4.83. The molecule has 0 saturated heterocycles. The maximum atomic E-state index is 6.08. The number of rotatable bonds is 2. The monoisotopic (exact) mass is 248 g/mol. The minimum atomic E-state index is 0.803. The number of fused-ring (bicyclic) bond motifs is 1. The molecule has 2 heteroatoms. The van der Waals surface area contributed by atoms with E-state index in [-0.39, 0.29) is 0 Å². The number of nitrogens with two attached hydrogens (primary N) is 1. The van der Waals surface area contributed by atoms with E-state index in [1.54, 1.807) is 0 Å². The second-order valence-electron chi connectivity index (χ2n) is 4.83. The molecule has 2 aromatic carbocycles. The standard InChI is InChI=1S/C17H16N2/c1-12-10-16(18)15-9-5-8-14(17(15)19-12)11-13-6-3-2-4-7-13/h2-10H,11H2,1H3,(H2,18,19). The van der Waals surface area contributed by atoms with Crippen molar-refractivity contribution in [3.8, 4) is 0 Å². The number of aromatic nitrogens is 1. The van der Waals surface area contributed by atoms with Gasteiger partial charge in [-0.15, -0.1) is 0 Å². The van der Waals surface area contributed by atoms with Crippen molar-refractivity contribution in [2.75, 3.05) is 5.73 Å². The van der Waals surface area contributed by atoms with Crippen LogP contribution in [0.4, 0.5) is 5.69 Å². The zero-order valence-corrected chi connectivity index (χ0v) is 10.9. The Labute approximate surface area is 112 Å². The van der Waals surface area contributed by atoms with Gasteiger partial charge in [0.25, 0.3) is 0 Å². The molecule has 0 fully saturated rings. The van der Waals surface area contributed by atoms with Gasteiger partial charge in [-0.05, 0) is 30.5 Å². The molecule has 0 radical (unpaired) electrons. The number of para-hydroxylation sites is 1. The summed E-state index contributed by atoms with van der Waals surface area (Å²) in [4.78, 5) is 4.65. The number of pyridine rings is 1. The third-order valence-electron chi connectivity index (χ3n) is 3.32. The van der Waals surface area contributed by atoms with Crippen LogP contribution in [0.15, 0.2) is 54.6 Å². The van der Waals surface area contributed by atoms with E-state index in [1.807, 2.05) is 31.2 Å². The SMILES string of the molecule is Cc1cc(N)c2cccc(Cc3ccccc3)c2n1. The summed E-state index contributed by atoms with van der Waals surface area (Å²) >= 11 is 0. The Morgan fingerprint density at radius 3 is 2.58 bits per heavy atom. The van der Waals surface area contributed by atoms with Crippen LogP contribution >= 0.6 is 0 Å². The fraction of sp³-hybridized carbons (Fsp3) is 0.118. The summed E-state index contributed by atoms with van der Waals surface area (Å²) in [5.74, 6) is 0. The van der Waals surface area contributed by atoms with Crippen LogP contribution in [0.1, 0.15) is 16.8 Å². The van der Waals surface area contributed by atoms with Crippen LogP contribution in [0, 0.1) is 6.92 Å². The first-order chi connectivity index (χ1) is 9.24. The lowest BCUT2D eigenvalue weighted by atomic mass is 10.0. The molecular formula is C17H16N2. The maximum Gasteiger partial charge on any atom is 0.0761 e. The van der Waals surface area contributed by atoms with Crippen molar-refractivity contribution in [2.24, 2.45) is 0 Å². The lowest BCUT2D eigenvalue weighted by Gasteiger charge is -2.09. The lowest BCUT2D eigenvalue weighted by Crippen LogP contribution is -1.96. The first kappa shape index (κ1) is 11.7. The maximum absolute atomic E-state index is 6.08. The van der Waals surface area contributed by atoms with Gasteiger partial charge in [0.1, 0.15) is 0 Å². The van der Waals surface area contributed by atoms with E-state index in [0.717, 1.165) is 28.7 Å². The summed E-state index contributed by atoms with van der Waals surface area (Å²) in [5, 5.41) is 1.04. The van der Waals surface area contributed by atoms with E-state index < -0.39 is 0 Å². The minimum absolute atomic E-state index is 0.803. The average molecular weight is 248 g/mol. The molecule has 3 rings (SSSR count). The molecule has 0 amide bonds. The van der Waals surface area contributed by atoms with Crippen LogP contribution in [-0.4, -0.2) is 4.98 Å². The Bertz CT molecular complexity index is 718. The summed E-state index contributed by atoms with van der Waals surface area (Å²) in [5.41, 5.74) is 11.4.